The number of methoxy groups -OCH3 is 2. The first kappa shape index (κ1) is 21.5. The third kappa shape index (κ3) is 3.80. The zero-order valence-corrected chi connectivity index (χ0v) is 18.5. The number of carbonyl (C=O) groups is 2. The van der Waals surface area contributed by atoms with Gasteiger partial charge in [-0.15, -0.1) is 0 Å². The highest BCUT2D eigenvalue weighted by Crippen LogP contribution is 2.30. The summed E-state index contributed by atoms with van der Waals surface area (Å²) < 4.78 is 11.7. The van der Waals surface area contributed by atoms with Crippen LogP contribution in [0.3, 0.4) is 0 Å². The molecule has 0 unspecified atom stereocenters. The van der Waals surface area contributed by atoms with E-state index >= 15 is 0 Å². The number of carbonyl (C=O) groups excluding carboxylic acids is 2. The Labute approximate surface area is 187 Å². The molecule has 3 aromatic rings. The van der Waals surface area contributed by atoms with Crippen LogP contribution in [0.5, 0.6) is 0 Å². The maximum absolute atomic E-state index is 13.4. The molecule has 1 aliphatic heterocycles. The average Bonchev–Trinajstić information content (AvgIpc) is 3.12. The Morgan fingerprint density at radius 2 is 1.66 bits per heavy atom. The molecule has 2 heterocycles. The minimum Gasteiger partial charge on any atom is -0.466 e. The van der Waals surface area contributed by atoms with Gasteiger partial charge >= 0.3 is 11.9 Å². The fourth-order valence-electron chi connectivity index (χ4n) is 3.63. The quantitative estimate of drug-likeness (QED) is 0.571. The van der Waals surface area contributed by atoms with Gasteiger partial charge < -0.3 is 9.47 Å². The Hall–Kier alpha value is -3.78. The summed E-state index contributed by atoms with van der Waals surface area (Å²) >= 11 is 1.25. The lowest BCUT2D eigenvalue weighted by molar-refractivity contribution is -0.136. The van der Waals surface area contributed by atoms with E-state index < -0.39 is 18.0 Å². The molecule has 0 saturated heterocycles. The number of rotatable bonds is 4. The molecule has 32 heavy (non-hydrogen) atoms. The smallest absolute Gasteiger partial charge is 0.338 e. The van der Waals surface area contributed by atoms with Gasteiger partial charge in [-0.3, -0.25) is 9.36 Å². The number of nitrogens with zero attached hydrogens (tertiary/aromatic N) is 2. The highest BCUT2D eigenvalue weighted by Gasteiger charge is 2.32. The standard InChI is InChI=1S/C24H20N2O5S/c1-14-19(23(29)31-3)20(16-7-5-4-6-8-16)26-21(27)18(32-24(26)25-14)13-15-9-11-17(12-10-15)22(28)30-2/h4-13,20H,1-3H3/b18-13+/t20-/m1/s1. The van der Waals surface area contributed by atoms with Crippen molar-refractivity contribution < 1.29 is 19.1 Å². The van der Waals surface area contributed by atoms with Crippen LogP contribution >= 0.6 is 11.3 Å². The fraction of sp³-hybridized carbons (Fsp3) is 0.167. The molecule has 0 N–H and O–H groups in total. The van der Waals surface area contributed by atoms with E-state index in [9.17, 15) is 14.4 Å². The number of aromatic nitrogens is 1. The van der Waals surface area contributed by atoms with Gasteiger partial charge in [-0.25, -0.2) is 14.6 Å². The van der Waals surface area contributed by atoms with E-state index in [4.69, 9.17) is 9.47 Å². The van der Waals surface area contributed by atoms with Crippen LogP contribution in [-0.2, 0) is 14.3 Å². The summed E-state index contributed by atoms with van der Waals surface area (Å²) in [6.07, 6.45) is 1.74. The lowest BCUT2D eigenvalue weighted by Crippen LogP contribution is -2.39. The molecule has 162 valence electrons. The third-order valence-electron chi connectivity index (χ3n) is 5.17. The Balaban J connectivity index is 1.88. The molecule has 0 amide bonds. The van der Waals surface area contributed by atoms with Gasteiger partial charge in [0.25, 0.3) is 5.56 Å². The van der Waals surface area contributed by atoms with Gasteiger partial charge in [0.2, 0.25) is 0 Å². The largest absolute Gasteiger partial charge is 0.466 e. The molecular formula is C24H20N2O5S. The van der Waals surface area contributed by atoms with Crippen molar-refractivity contribution in [2.75, 3.05) is 14.2 Å². The molecule has 8 heteroatoms. The Bertz CT molecular complexity index is 1400. The van der Waals surface area contributed by atoms with Crippen molar-refractivity contribution in [2.24, 2.45) is 4.99 Å². The predicted molar refractivity (Wildman–Crippen MR) is 120 cm³/mol. The number of fused-ring (bicyclic) bond motifs is 1. The maximum Gasteiger partial charge on any atom is 0.338 e. The molecule has 0 radical (unpaired) electrons. The van der Waals surface area contributed by atoms with Crippen molar-refractivity contribution in [3.8, 4) is 0 Å². The van der Waals surface area contributed by atoms with Gasteiger partial charge in [-0.2, -0.15) is 0 Å². The first-order valence-corrected chi connectivity index (χ1v) is 10.6. The van der Waals surface area contributed by atoms with E-state index in [1.54, 1.807) is 37.3 Å². The van der Waals surface area contributed by atoms with Crippen LogP contribution < -0.4 is 14.9 Å². The zero-order valence-electron chi connectivity index (χ0n) is 17.7. The molecule has 0 aliphatic carbocycles. The number of esters is 2. The second-order valence-corrected chi connectivity index (χ2v) is 8.11. The van der Waals surface area contributed by atoms with Gasteiger partial charge in [-0.1, -0.05) is 53.8 Å². The molecule has 7 nitrogen and oxygen atoms in total. The Kier molecular flexibility index (Phi) is 5.87. The summed E-state index contributed by atoms with van der Waals surface area (Å²) in [4.78, 5) is 42.7. The summed E-state index contributed by atoms with van der Waals surface area (Å²) in [5.74, 6) is -0.947. The van der Waals surface area contributed by atoms with Crippen molar-refractivity contribution in [3.05, 3.63) is 102 Å². The summed E-state index contributed by atoms with van der Waals surface area (Å²) in [5.41, 5.74) is 2.56. The van der Waals surface area contributed by atoms with Gasteiger partial charge in [0.1, 0.15) is 0 Å². The molecule has 1 aromatic heterocycles. The monoisotopic (exact) mass is 448 g/mol. The van der Waals surface area contributed by atoms with Crippen LogP contribution in [0.1, 0.15) is 34.5 Å². The number of hydrogen-bond acceptors (Lipinski definition) is 7. The van der Waals surface area contributed by atoms with Crippen LogP contribution in [0.2, 0.25) is 0 Å². The van der Waals surface area contributed by atoms with E-state index in [1.807, 2.05) is 30.3 Å². The van der Waals surface area contributed by atoms with E-state index in [0.29, 0.717) is 26.2 Å². The lowest BCUT2D eigenvalue weighted by Gasteiger charge is -2.24. The van der Waals surface area contributed by atoms with E-state index in [2.05, 4.69) is 4.99 Å². The molecule has 0 bridgehead atoms. The van der Waals surface area contributed by atoms with Gasteiger partial charge in [0.15, 0.2) is 4.80 Å². The molecule has 0 spiro atoms. The number of thiazole rings is 1. The second kappa shape index (κ2) is 8.76. The molecular weight excluding hydrogens is 428 g/mol. The number of hydrogen-bond donors (Lipinski definition) is 0. The number of benzene rings is 2. The third-order valence-corrected chi connectivity index (χ3v) is 6.15. The summed E-state index contributed by atoms with van der Waals surface area (Å²) in [5, 5.41) is 0. The number of ether oxygens (including phenoxy) is 2. The predicted octanol–water partition coefficient (Wildman–Crippen LogP) is 2.19. The van der Waals surface area contributed by atoms with E-state index in [-0.39, 0.29) is 5.56 Å². The fourth-order valence-corrected chi connectivity index (χ4v) is 4.67. The minimum atomic E-state index is -0.635. The maximum atomic E-state index is 13.4. The first-order chi connectivity index (χ1) is 15.4. The summed E-state index contributed by atoms with van der Waals surface area (Å²) in [6, 6.07) is 15.5. The van der Waals surface area contributed by atoms with Crippen molar-refractivity contribution >= 4 is 29.4 Å². The zero-order chi connectivity index (χ0) is 22.8. The van der Waals surface area contributed by atoms with Crippen molar-refractivity contribution in [1.82, 2.24) is 4.57 Å². The average molecular weight is 449 g/mol. The second-order valence-electron chi connectivity index (χ2n) is 7.10. The molecule has 0 fully saturated rings. The van der Waals surface area contributed by atoms with Crippen LogP contribution in [0, 0.1) is 0 Å². The van der Waals surface area contributed by atoms with E-state index in [1.165, 1.54) is 30.1 Å². The molecule has 1 atom stereocenters. The lowest BCUT2D eigenvalue weighted by atomic mass is 9.96. The Morgan fingerprint density at radius 1 is 1.00 bits per heavy atom. The summed E-state index contributed by atoms with van der Waals surface area (Å²) in [7, 11) is 2.64. The van der Waals surface area contributed by atoms with Gasteiger partial charge in [-0.05, 0) is 36.3 Å². The summed E-state index contributed by atoms with van der Waals surface area (Å²) in [6.45, 7) is 1.74. The van der Waals surface area contributed by atoms with Crippen molar-refractivity contribution in [2.45, 2.75) is 13.0 Å². The first-order valence-electron chi connectivity index (χ1n) is 9.78. The molecule has 0 saturated carbocycles. The molecule has 4 rings (SSSR count). The molecule has 1 aliphatic rings. The van der Waals surface area contributed by atoms with Crippen LogP contribution in [0.25, 0.3) is 6.08 Å². The number of allylic oxidation sites excluding steroid dienone is 1. The van der Waals surface area contributed by atoms with Crippen molar-refractivity contribution in [3.63, 3.8) is 0 Å². The minimum absolute atomic E-state index is 0.256. The van der Waals surface area contributed by atoms with Gasteiger partial charge in [0, 0.05) is 0 Å². The highest BCUT2D eigenvalue weighted by atomic mass is 32.1. The normalized spacial score (nSPS) is 15.7. The topological polar surface area (TPSA) is 87.0 Å². The highest BCUT2D eigenvalue weighted by molar-refractivity contribution is 7.07. The van der Waals surface area contributed by atoms with Crippen LogP contribution in [0.15, 0.2) is 75.7 Å². The molecule has 2 aromatic carbocycles. The van der Waals surface area contributed by atoms with Crippen LogP contribution in [-0.4, -0.2) is 30.7 Å². The van der Waals surface area contributed by atoms with Gasteiger partial charge in [0.05, 0.1) is 41.6 Å². The Morgan fingerprint density at radius 3 is 2.28 bits per heavy atom. The van der Waals surface area contributed by atoms with Crippen molar-refractivity contribution in [1.29, 1.82) is 0 Å². The SMILES string of the molecule is COC(=O)C1=C(C)N=c2s/c(=C/c3ccc(C(=O)OC)cc3)c(=O)n2[C@@H]1c1ccccc1. The van der Waals surface area contributed by atoms with Crippen LogP contribution in [0.4, 0.5) is 0 Å². The van der Waals surface area contributed by atoms with E-state index in [0.717, 1.165) is 11.1 Å².